The van der Waals surface area contributed by atoms with Crippen LogP contribution in [0.4, 0.5) is 0 Å². The Balaban J connectivity index is 1.36. The molecular weight excluding hydrogens is 318 g/mol. The fraction of sp³-hybridized carbons (Fsp3) is 0.421. The summed E-state index contributed by atoms with van der Waals surface area (Å²) in [5.74, 6) is 0.622. The number of carbonyl (C=O) groups excluding carboxylic acids is 1. The lowest BCUT2D eigenvalue weighted by atomic mass is 9.93. The summed E-state index contributed by atoms with van der Waals surface area (Å²) < 4.78 is 11.3. The van der Waals surface area contributed by atoms with Crippen molar-refractivity contribution in [3.8, 4) is 11.8 Å². The molecule has 0 spiro atoms. The molecule has 0 atom stereocenters. The first-order valence-corrected chi connectivity index (χ1v) is 8.61. The van der Waals surface area contributed by atoms with E-state index < -0.39 is 0 Å². The second kappa shape index (κ2) is 8.46. The van der Waals surface area contributed by atoms with E-state index in [1.54, 1.807) is 18.5 Å². The molecule has 1 amide bonds. The lowest BCUT2D eigenvalue weighted by Crippen LogP contribution is -2.41. The summed E-state index contributed by atoms with van der Waals surface area (Å²) in [6.45, 7) is 2.05. The first-order chi connectivity index (χ1) is 12.2. The molecule has 6 nitrogen and oxygen atoms in total. The molecule has 1 aromatic heterocycles. The summed E-state index contributed by atoms with van der Waals surface area (Å²) in [6, 6.07) is 10.0. The fourth-order valence-electron chi connectivity index (χ4n) is 2.87. The molecule has 0 saturated heterocycles. The Labute approximate surface area is 147 Å². The molecule has 1 saturated carbocycles. The van der Waals surface area contributed by atoms with Crippen LogP contribution in [-0.2, 0) is 4.79 Å². The Bertz CT molecular complexity index is 668. The molecule has 0 unspecified atom stereocenters. The molecule has 1 aliphatic rings. The van der Waals surface area contributed by atoms with E-state index in [2.05, 4.69) is 15.3 Å². The van der Waals surface area contributed by atoms with Gasteiger partial charge in [-0.2, -0.15) is 0 Å². The Morgan fingerprint density at radius 2 is 1.80 bits per heavy atom. The highest BCUT2D eigenvalue weighted by Crippen LogP contribution is 2.22. The van der Waals surface area contributed by atoms with Crippen LogP contribution in [0.5, 0.6) is 11.8 Å². The summed E-state index contributed by atoms with van der Waals surface area (Å²) in [5.41, 5.74) is 1.16. The van der Waals surface area contributed by atoms with Crippen LogP contribution >= 0.6 is 0 Å². The third-order valence-corrected chi connectivity index (χ3v) is 4.24. The smallest absolute Gasteiger partial charge is 0.316 e. The molecular formula is C19H23N3O3. The van der Waals surface area contributed by atoms with E-state index in [4.69, 9.17) is 9.47 Å². The van der Waals surface area contributed by atoms with Gasteiger partial charge in [-0.25, -0.2) is 9.97 Å². The maximum Gasteiger partial charge on any atom is 0.316 e. The number of nitrogens with one attached hydrogen (secondary N) is 1. The molecule has 25 heavy (non-hydrogen) atoms. The van der Waals surface area contributed by atoms with Gasteiger partial charge in [-0.15, -0.1) is 0 Å². The van der Waals surface area contributed by atoms with Crippen molar-refractivity contribution in [1.29, 1.82) is 0 Å². The Morgan fingerprint density at radius 1 is 1.12 bits per heavy atom. The number of nitrogens with zero attached hydrogens (tertiary/aromatic N) is 2. The molecule has 1 aromatic carbocycles. The van der Waals surface area contributed by atoms with E-state index >= 15 is 0 Å². The Hall–Kier alpha value is -2.63. The number of rotatable bonds is 6. The van der Waals surface area contributed by atoms with Crippen molar-refractivity contribution in [2.45, 2.75) is 44.8 Å². The highest BCUT2D eigenvalue weighted by atomic mass is 16.5. The first kappa shape index (κ1) is 17.2. The van der Waals surface area contributed by atoms with Crippen LogP contribution in [0.1, 0.15) is 31.2 Å². The van der Waals surface area contributed by atoms with Crippen LogP contribution in [-0.4, -0.2) is 34.6 Å². The second-order valence-electron chi connectivity index (χ2n) is 6.29. The predicted molar refractivity (Wildman–Crippen MR) is 93.5 cm³/mol. The standard InChI is InChI=1S/C19H23N3O3/c1-14-3-7-16(8-4-14)24-13-18(23)22-15-5-9-17(10-6-15)25-19-20-11-2-12-21-19/h2-4,7-8,11-12,15,17H,5-6,9-10,13H2,1H3,(H,22,23). The van der Waals surface area contributed by atoms with E-state index in [1.165, 1.54) is 0 Å². The Morgan fingerprint density at radius 3 is 2.48 bits per heavy atom. The lowest BCUT2D eigenvalue weighted by molar-refractivity contribution is -0.124. The van der Waals surface area contributed by atoms with Gasteiger partial charge in [0.2, 0.25) is 0 Å². The van der Waals surface area contributed by atoms with Gasteiger partial charge in [0, 0.05) is 18.4 Å². The van der Waals surface area contributed by atoms with Crippen LogP contribution in [0.15, 0.2) is 42.7 Å². The number of benzene rings is 1. The van der Waals surface area contributed by atoms with Crippen molar-refractivity contribution in [2.24, 2.45) is 0 Å². The highest BCUT2D eigenvalue weighted by Gasteiger charge is 2.24. The molecule has 0 bridgehead atoms. The van der Waals surface area contributed by atoms with E-state index in [0.717, 1.165) is 31.2 Å². The van der Waals surface area contributed by atoms with Gasteiger partial charge in [-0.05, 0) is 50.8 Å². The van der Waals surface area contributed by atoms with Crippen molar-refractivity contribution in [3.63, 3.8) is 0 Å². The minimum atomic E-state index is -0.0867. The molecule has 6 heteroatoms. The third kappa shape index (κ3) is 5.45. The normalized spacial score (nSPS) is 19.9. The van der Waals surface area contributed by atoms with Crippen LogP contribution in [0.2, 0.25) is 0 Å². The molecule has 3 rings (SSSR count). The summed E-state index contributed by atoms with van der Waals surface area (Å²) in [6.07, 6.45) is 6.97. The molecule has 132 valence electrons. The van der Waals surface area contributed by atoms with Crippen LogP contribution in [0.3, 0.4) is 0 Å². The molecule has 1 N–H and O–H groups in total. The topological polar surface area (TPSA) is 73.3 Å². The number of hydrogen-bond donors (Lipinski definition) is 1. The van der Waals surface area contributed by atoms with Gasteiger partial charge < -0.3 is 14.8 Å². The molecule has 1 heterocycles. The van der Waals surface area contributed by atoms with Gasteiger partial charge in [-0.3, -0.25) is 4.79 Å². The summed E-state index contributed by atoms with van der Waals surface area (Å²) >= 11 is 0. The van der Waals surface area contributed by atoms with Gasteiger partial charge >= 0.3 is 6.01 Å². The number of hydrogen-bond acceptors (Lipinski definition) is 5. The number of ether oxygens (including phenoxy) is 2. The highest BCUT2D eigenvalue weighted by molar-refractivity contribution is 5.77. The average molecular weight is 341 g/mol. The van der Waals surface area contributed by atoms with Crippen molar-refractivity contribution >= 4 is 5.91 Å². The van der Waals surface area contributed by atoms with Crippen LogP contribution in [0.25, 0.3) is 0 Å². The Kier molecular flexibility index (Phi) is 5.82. The maximum atomic E-state index is 12.0. The molecule has 2 aromatic rings. The van der Waals surface area contributed by atoms with Crippen molar-refractivity contribution in [3.05, 3.63) is 48.3 Å². The van der Waals surface area contributed by atoms with Gasteiger partial charge in [0.1, 0.15) is 11.9 Å². The fourth-order valence-corrected chi connectivity index (χ4v) is 2.87. The number of aryl methyl sites for hydroxylation is 1. The SMILES string of the molecule is Cc1ccc(OCC(=O)NC2CCC(Oc3ncccn3)CC2)cc1. The van der Waals surface area contributed by atoms with E-state index in [0.29, 0.717) is 11.8 Å². The zero-order valence-electron chi connectivity index (χ0n) is 14.4. The van der Waals surface area contributed by atoms with Crippen molar-refractivity contribution < 1.29 is 14.3 Å². The van der Waals surface area contributed by atoms with Gasteiger partial charge in [0.15, 0.2) is 6.61 Å². The monoisotopic (exact) mass is 341 g/mol. The molecule has 0 aliphatic heterocycles. The number of amides is 1. The molecule has 0 radical (unpaired) electrons. The number of carbonyl (C=O) groups is 1. The van der Waals surface area contributed by atoms with Gasteiger partial charge in [0.05, 0.1) is 0 Å². The van der Waals surface area contributed by atoms with Crippen LogP contribution in [0, 0.1) is 6.92 Å². The zero-order chi connectivity index (χ0) is 17.5. The second-order valence-corrected chi connectivity index (χ2v) is 6.29. The lowest BCUT2D eigenvalue weighted by Gasteiger charge is -2.28. The summed E-state index contributed by atoms with van der Waals surface area (Å²) in [5, 5.41) is 3.03. The molecule has 1 fully saturated rings. The van der Waals surface area contributed by atoms with E-state index in [9.17, 15) is 4.79 Å². The first-order valence-electron chi connectivity index (χ1n) is 8.61. The molecule has 1 aliphatic carbocycles. The average Bonchev–Trinajstić information content (AvgIpc) is 2.64. The minimum Gasteiger partial charge on any atom is -0.484 e. The van der Waals surface area contributed by atoms with Crippen LogP contribution < -0.4 is 14.8 Å². The quantitative estimate of drug-likeness (QED) is 0.874. The summed E-state index contributed by atoms with van der Waals surface area (Å²) in [7, 11) is 0. The minimum absolute atomic E-state index is 0.0390. The largest absolute Gasteiger partial charge is 0.484 e. The van der Waals surface area contributed by atoms with Gasteiger partial charge in [0.25, 0.3) is 5.91 Å². The zero-order valence-corrected chi connectivity index (χ0v) is 14.4. The predicted octanol–water partition coefficient (Wildman–Crippen LogP) is 2.67. The third-order valence-electron chi connectivity index (χ3n) is 4.24. The maximum absolute atomic E-state index is 12.0. The van der Waals surface area contributed by atoms with Gasteiger partial charge in [-0.1, -0.05) is 17.7 Å². The summed E-state index contributed by atoms with van der Waals surface area (Å²) in [4.78, 5) is 20.2. The van der Waals surface area contributed by atoms with E-state index in [-0.39, 0.29) is 24.7 Å². The van der Waals surface area contributed by atoms with Crippen molar-refractivity contribution in [1.82, 2.24) is 15.3 Å². The number of aromatic nitrogens is 2. The van der Waals surface area contributed by atoms with Crippen molar-refractivity contribution in [2.75, 3.05) is 6.61 Å². The van der Waals surface area contributed by atoms with E-state index in [1.807, 2.05) is 31.2 Å².